The van der Waals surface area contributed by atoms with Gasteiger partial charge in [-0.25, -0.2) is 4.39 Å². The van der Waals surface area contributed by atoms with Crippen LogP contribution in [0, 0.1) is 18.7 Å². The van der Waals surface area contributed by atoms with E-state index in [4.69, 9.17) is 0 Å². The van der Waals surface area contributed by atoms with Crippen LogP contribution in [-0.2, 0) is 6.54 Å². The van der Waals surface area contributed by atoms with Gasteiger partial charge in [-0.2, -0.15) is 5.10 Å². The van der Waals surface area contributed by atoms with E-state index in [1.807, 2.05) is 17.7 Å². The number of carbonyl (C=O) groups is 1. The smallest absolute Gasteiger partial charge is 0.261 e. The minimum absolute atomic E-state index is 0.0167. The Hall–Kier alpha value is -2.21. The number of hydrogen-bond acceptors (Lipinski definition) is 3. The minimum atomic E-state index is -0.243. The fourth-order valence-corrected chi connectivity index (χ4v) is 4.98. The number of aryl methyl sites for hydroxylation is 1. The van der Waals surface area contributed by atoms with E-state index < -0.39 is 0 Å². The maximum absolute atomic E-state index is 13.1. The Balaban J connectivity index is 1.55. The fourth-order valence-electron chi connectivity index (χ4n) is 3.92. The molecule has 142 valence electrons. The topological polar surface area (TPSA) is 46.9 Å². The third-order valence-electron chi connectivity index (χ3n) is 5.35. The van der Waals surface area contributed by atoms with Gasteiger partial charge in [0.05, 0.1) is 17.1 Å². The molecule has 0 spiro atoms. The maximum atomic E-state index is 13.1. The van der Waals surface area contributed by atoms with Gasteiger partial charge in [0.1, 0.15) is 10.6 Å². The average molecular weight is 386 g/mol. The Morgan fingerprint density at radius 2 is 2.11 bits per heavy atom. The molecule has 1 amide bonds. The molecule has 27 heavy (non-hydrogen) atoms. The first-order valence-corrected chi connectivity index (χ1v) is 10.3. The molecule has 1 saturated carbocycles. The lowest BCUT2D eigenvalue weighted by Gasteiger charge is -2.27. The van der Waals surface area contributed by atoms with Gasteiger partial charge in [0.2, 0.25) is 0 Å². The lowest BCUT2D eigenvalue weighted by Crippen LogP contribution is -2.37. The van der Waals surface area contributed by atoms with Crippen LogP contribution in [0.25, 0.3) is 10.2 Å². The van der Waals surface area contributed by atoms with Crippen molar-refractivity contribution in [2.75, 3.05) is 0 Å². The number of carbonyl (C=O) groups excluding carboxylic acids is 1. The predicted octanol–water partition coefficient (Wildman–Crippen LogP) is 4.90. The molecule has 6 heteroatoms. The molecule has 1 aliphatic carbocycles. The molecule has 1 aromatic carbocycles. The second kappa shape index (κ2) is 7.43. The summed E-state index contributed by atoms with van der Waals surface area (Å²) < 4.78 is 15.0. The van der Waals surface area contributed by atoms with Gasteiger partial charge in [-0.1, -0.05) is 31.9 Å². The van der Waals surface area contributed by atoms with Gasteiger partial charge in [0.25, 0.3) is 5.91 Å². The standard InChI is InChI=1S/C21H24FN3OS/c1-13-4-3-5-17(10-13)23-20(26)19-11-18-14(2)24-25(21(18)27-19)12-15-6-8-16(22)9-7-15/h6-9,11,13,17H,3-5,10,12H2,1-2H3,(H,23,26)/t13-,17+/m0/s1. The molecule has 1 fully saturated rings. The summed E-state index contributed by atoms with van der Waals surface area (Å²) >= 11 is 1.48. The second-order valence-corrected chi connectivity index (χ2v) is 8.67. The van der Waals surface area contributed by atoms with E-state index in [1.165, 1.54) is 36.3 Å². The summed E-state index contributed by atoms with van der Waals surface area (Å²) in [5, 5.41) is 8.82. The summed E-state index contributed by atoms with van der Waals surface area (Å²) in [4.78, 5) is 14.5. The summed E-state index contributed by atoms with van der Waals surface area (Å²) in [5.74, 6) is 0.452. The van der Waals surface area contributed by atoms with Crippen molar-refractivity contribution < 1.29 is 9.18 Å². The van der Waals surface area contributed by atoms with Crippen LogP contribution < -0.4 is 5.32 Å². The van der Waals surface area contributed by atoms with E-state index in [0.29, 0.717) is 12.5 Å². The highest BCUT2D eigenvalue weighted by atomic mass is 32.1. The van der Waals surface area contributed by atoms with Gasteiger partial charge in [-0.05, 0) is 49.4 Å². The molecule has 2 heterocycles. The first-order valence-electron chi connectivity index (χ1n) is 9.52. The highest BCUT2D eigenvalue weighted by molar-refractivity contribution is 7.20. The Labute approximate surface area is 162 Å². The van der Waals surface area contributed by atoms with Crippen molar-refractivity contribution in [2.45, 2.75) is 52.1 Å². The van der Waals surface area contributed by atoms with Crippen LogP contribution in [0.5, 0.6) is 0 Å². The molecule has 0 unspecified atom stereocenters. The second-order valence-electron chi connectivity index (χ2n) is 7.64. The summed E-state index contributed by atoms with van der Waals surface area (Å²) in [5.41, 5.74) is 1.89. The summed E-state index contributed by atoms with van der Waals surface area (Å²) in [6, 6.07) is 8.68. The third kappa shape index (κ3) is 3.90. The molecule has 1 aliphatic rings. The van der Waals surface area contributed by atoms with Crippen LogP contribution in [0.15, 0.2) is 30.3 Å². The average Bonchev–Trinajstić information content (AvgIpc) is 3.19. The van der Waals surface area contributed by atoms with Crippen molar-refractivity contribution in [1.29, 1.82) is 0 Å². The number of fused-ring (bicyclic) bond motifs is 1. The molecule has 0 saturated heterocycles. The molecule has 0 bridgehead atoms. The molecule has 4 rings (SSSR count). The van der Waals surface area contributed by atoms with Gasteiger partial charge in [0, 0.05) is 11.4 Å². The van der Waals surface area contributed by atoms with Crippen molar-refractivity contribution in [2.24, 2.45) is 5.92 Å². The molecule has 3 aromatic rings. The molecule has 2 aromatic heterocycles. The van der Waals surface area contributed by atoms with E-state index in [-0.39, 0.29) is 17.8 Å². The lowest BCUT2D eigenvalue weighted by molar-refractivity contribution is 0.0925. The Bertz CT molecular complexity index is 960. The normalized spacial score (nSPS) is 20.1. The molecule has 1 N–H and O–H groups in total. The predicted molar refractivity (Wildman–Crippen MR) is 107 cm³/mol. The number of rotatable bonds is 4. The third-order valence-corrected chi connectivity index (χ3v) is 6.50. The summed E-state index contributed by atoms with van der Waals surface area (Å²) in [6.45, 7) is 4.78. The van der Waals surface area contributed by atoms with E-state index in [9.17, 15) is 9.18 Å². The van der Waals surface area contributed by atoms with Gasteiger partial charge in [0.15, 0.2) is 0 Å². The van der Waals surface area contributed by atoms with Crippen LogP contribution in [0.2, 0.25) is 0 Å². The number of nitrogens with zero attached hydrogens (tertiary/aromatic N) is 2. The summed E-state index contributed by atoms with van der Waals surface area (Å²) in [6.07, 6.45) is 4.57. The van der Waals surface area contributed by atoms with E-state index in [0.717, 1.165) is 39.2 Å². The Morgan fingerprint density at radius 3 is 2.85 bits per heavy atom. The van der Waals surface area contributed by atoms with Gasteiger partial charge >= 0.3 is 0 Å². The number of hydrogen-bond donors (Lipinski definition) is 1. The molecule has 0 aliphatic heterocycles. The number of thiophene rings is 1. The number of halogens is 1. The zero-order valence-corrected chi connectivity index (χ0v) is 16.5. The highest BCUT2D eigenvalue weighted by Crippen LogP contribution is 2.30. The minimum Gasteiger partial charge on any atom is -0.349 e. The van der Waals surface area contributed by atoms with Crippen molar-refractivity contribution >= 4 is 27.5 Å². The zero-order chi connectivity index (χ0) is 19.0. The Kier molecular flexibility index (Phi) is 5.00. The van der Waals surface area contributed by atoms with Crippen molar-refractivity contribution in [3.05, 3.63) is 52.3 Å². The number of nitrogens with one attached hydrogen (secondary N) is 1. The number of benzene rings is 1. The van der Waals surface area contributed by atoms with Crippen LogP contribution in [-0.4, -0.2) is 21.7 Å². The first-order chi connectivity index (χ1) is 13.0. The molecule has 0 radical (unpaired) electrons. The van der Waals surface area contributed by atoms with Crippen molar-refractivity contribution in [3.8, 4) is 0 Å². The number of amides is 1. The van der Waals surface area contributed by atoms with Crippen LogP contribution in [0.3, 0.4) is 0 Å². The Morgan fingerprint density at radius 1 is 1.33 bits per heavy atom. The zero-order valence-electron chi connectivity index (χ0n) is 15.7. The van der Waals surface area contributed by atoms with Gasteiger partial charge in [-0.15, -0.1) is 11.3 Å². The van der Waals surface area contributed by atoms with E-state index in [1.54, 1.807) is 12.1 Å². The monoisotopic (exact) mass is 385 g/mol. The quantitative estimate of drug-likeness (QED) is 0.694. The molecule has 4 nitrogen and oxygen atoms in total. The van der Waals surface area contributed by atoms with Crippen LogP contribution >= 0.6 is 11.3 Å². The maximum Gasteiger partial charge on any atom is 0.261 e. The van der Waals surface area contributed by atoms with Crippen molar-refractivity contribution in [3.63, 3.8) is 0 Å². The van der Waals surface area contributed by atoms with Gasteiger partial charge in [-0.3, -0.25) is 9.48 Å². The van der Waals surface area contributed by atoms with Crippen LogP contribution in [0.4, 0.5) is 4.39 Å². The van der Waals surface area contributed by atoms with E-state index in [2.05, 4.69) is 17.3 Å². The molecule has 2 atom stereocenters. The first kappa shape index (κ1) is 18.2. The molecular weight excluding hydrogens is 361 g/mol. The number of aromatic nitrogens is 2. The molecular formula is C21H24FN3OS. The highest BCUT2D eigenvalue weighted by Gasteiger charge is 2.23. The summed E-state index contributed by atoms with van der Waals surface area (Å²) in [7, 11) is 0. The van der Waals surface area contributed by atoms with Crippen molar-refractivity contribution in [1.82, 2.24) is 15.1 Å². The van der Waals surface area contributed by atoms with Crippen LogP contribution in [0.1, 0.15) is 53.5 Å². The lowest BCUT2D eigenvalue weighted by atomic mass is 9.87. The van der Waals surface area contributed by atoms with E-state index >= 15 is 0 Å². The fraction of sp³-hybridized carbons (Fsp3) is 0.429. The van der Waals surface area contributed by atoms with Gasteiger partial charge < -0.3 is 5.32 Å². The SMILES string of the molecule is Cc1nn(Cc2ccc(F)cc2)c2sc(C(=O)N[C@@H]3CCC[C@H](C)C3)cc12. The largest absolute Gasteiger partial charge is 0.349 e.